The van der Waals surface area contributed by atoms with Gasteiger partial charge in [-0.05, 0) is 30.9 Å². The highest BCUT2D eigenvalue weighted by atomic mass is 32.2. The van der Waals surface area contributed by atoms with Crippen LogP contribution in [0.2, 0.25) is 0 Å². The fraction of sp³-hybridized carbons (Fsp3) is 0.167. The van der Waals surface area contributed by atoms with Crippen molar-refractivity contribution in [3.8, 4) is 0 Å². The van der Waals surface area contributed by atoms with Crippen molar-refractivity contribution < 1.29 is 9.72 Å². The molecule has 0 spiro atoms. The molecule has 0 saturated carbocycles. The van der Waals surface area contributed by atoms with Gasteiger partial charge in [-0.15, -0.1) is 22.0 Å². The van der Waals surface area contributed by atoms with Gasteiger partial charge in [0.2, 0.25) is 5.13 Å². The number of nitro groups is 1. The van der Waals surface area contributed by atoms with Gasteiger partial charge in [-0.25, -0.2) is 0 Å². The van der Waals surface area contributed by atoms with E-state index < -0.39 is 10.8 Å². The summed E-state index contributed by atoms with van der Waals surface area (Å²) in [7, 11) is 0. The molecule has 0 saturated heterocycles. The first-order valence-electron chi connectivity index (χ1n) is 7.98. The maximum Gasteiger partial charge on any atom is 0.282 e. The standard InChI is InChI=1S/C18H16N4O3S2/c1-11-3-5-12(6-4-11)9-16-20-21-18(27-16)19-17(23)14-10-13(26-2)7-8-15(14)22(24)25/h3-8,10H,9H2,1-2H3,(H,19,21,23). The molecule has 1 heterocycles. The van der Waals surface area contributed by atoms with Gasteiger partial charge < -0.3 is 0 Å². The number of amides is 1. The molecule has 0 radical (unpaired) electrons. The Hall–Kier alpha value is -2.78. The van der Waals surface area contributed by atoms with Crippen molar-refractivity contribution in [3.05, 3.63) is 74.3 Å². The molecule has 0 atom stereocenters. The Kier molecular flexibility index (Phi) is 5.82. The van der Waals surface area contributed by atoms with Gasteiger partial charge in [0.25, 0.3) is 11.6 Å². The lowest BCUT2D eigenvalue weighted by atomic mass is 10.1. The lowest BCUT2D eigenvalue weighted by Gasteiger charge is -2.04. The van der Waals surface area contributed by atoms with E-state index in [2.05, 4.69) is 15.5 Å². The lowest BCUT2D eigenvalue weighted by molar-refractivity contribution is -0.385. The highest BCUT2D eigenvalue weighted by Crippen LogP contribution is 2.26. The number of benzene rings is 2. The molecule has 1 aromatic heterocycles. The Balaban J connectivity index is 1.76. The zero-order chi connectivity index (χ0) is 19.4. The van der Waals surface area contributed by atoms with Crippen LogP contribution < -0.4 is 5.32 Å². The third kappa shape index (κ3) is 4.69. The van der Waals surface area contributed by atoms with Gasteiger partial charge in [0.15, 0.2) is 0 Å². The molecular formula is C18H16N4O3S2. The van der Waals surface area contributed by atoms with E-state index in [0.717, 1.165) is 15.5 Å². The van der Waals surface area contributed by atoms with Crippen LogP contribution in [-0.2, 0) is 6.42 Å². The van der Waals surface area contributed by atoms with Crippen LogP contribution in [0.1, 0.15) is 26.5 Å². The smallest absolute Gasteiger partial charge is 0.282 e. The zero-order valence-electron chi connectivity index (χ0n) is 14.6. The van der Waals surface area contributed by atoms with Crippen LogP contribution in [0, 0.1) is 17.0 Å². The summed E-state index contributed by atoms with van der Waals surface area (Å²) < 4.78 is 0. The van der Waals surface area contributed by atoms with E-state index in [0.29, 0.717) is 11.6 Å². The number of aromatic nitrogens is 2. The number of nitrogens with zero attached hydrogens (tertiary/aromatic N) is 3. The average Bonchev–Trinajstić information content (AvgIpc) is 3.09. The van der Waals surface area contributed by atoms with E-state index in [4.69, 9.17) is 0 Å². The zero-order valence-corrected chi connectivity index (χ0v) is 16.3. The van der Waals surface area contributed by atoms with E-state index in [9.17, 15) is 14.9 Å². The van der Waals surface area contributed by atoms with Gasteiger partial charge in [0.05, 0.1) is 4.92 Å². The minimum Gasteiger partial charge on any atom is -0.296 e. The number of hydrogen-bond acceptors (Lipinski definition) is 7. The fourth-order valence-electron chi connectivity index (χ4n) is 2.40. The minimum absolute atomic E-state index is 0.00198. The first-order chi connectivity index (χ1) is 13.0. The molecule has 0 fully saturated rings. The van der Waals surface area contributed by atoms with Crippen molar-refractivity contribution in [1.82, 2.24) is 10.2 Å². The predicted octanol–water partition coefficient (Wildman–Crippen LogP) is 4.32. The lowest BCUT2D eigenvalue weighted by Crippen LogP contribution is -2.14. The van der Waals surface area contributed by atoms with Gasteiger partial charge in [-0.1, -0.05) is 41.2 Å². The van der Waals surface area contributed by atoms with Gasteiger partial charge in [0.1, 0.15) is 10.6 Å². The Morgan fingerprint density at radius 1 is 1.22 bits per heavy atom. The van der Waals surface area contributed by atoms with Crippen LogP contribution in [0.25, 0.3) is 0 Å². The molecule has 9 heteroatoms. The van der Waals surface area contributed by atoms with E-state index in [1.165, 1.54) is 40.8 Å². The van der Waals surface area contributed by atoms with Crippen molar-refractivity contribution in [2.45, 2.75) is 18.2 Å². The van der Waals surface area contributed by atoms with Crippen molar-refractivity contribution in [2.24, 2.45) is 0 Å². The van der Waals surface area contributed by atoms with E-state index in [1.54, 1.807) is 6.07 Å². The topological polar surface area (TPSA) is 98.0 Å². The van der Waals surface area contributed by atoms with Crippen molar-refractivity contribution >= 4 is 39.8 Å². The average molecular weight is 400 g/mol. The van der Waals surface area contributed by atoms with Crippen LogP contribution in [0.4, 0.5) is 10.8 Å². The van der Waals surface area contributed by atoms with E-state index >= 15 is 0 Å². The number of aryl methyl sites for hydroxylation is 1. The second-order valence-electron chi connectivity index (χ2n) is 5.76. The van der Waals surface area contributed by atoms with Crippen LogP contribution in [0.5, 0.6) is 0 Å². The van der Waals surface area contributed by atoms with Gasteiger partial charge >= 0.3 is 0 Å². The number of hydrogen-bond donors (Lipinski definition) is 1. The second-order valence-corrected chi connectivity index (χ2v) is 7.70. The van der Waals surface area contributed by atoms with Crippen molar-refractivity contribution in [1.29, 1.82) is 0 Å². The summed E-state index contributed by atoms with van der Waals surface area (Å²) in [5.41, 5.74) is 2.03. The summed E-state index contributed by atoms with van der Waals surface area (Å²) in [6, 6.07) is 12.5. The molecule has 1 N–H and O–H groups in total. The molecule has 1 amide bonds. The summed E-state index contributed by atoms with van der Waals surface area (Å²) in [6.45, 7) is 2.02. The first kappa shape index (κ1) is 19.0. The number of anilines is 1. The molecule has 3 aromatic rings. The van der Waals surface area contributed by atoms with E-state index in [-0.39, 0.29) is 11.3 Å². The summed E-state index contributed by atoms with van der Waals surface area (Å²) in [5, 5.41) is 22.9. The molecule has 0 bridgehead atoms. The van der Waals surface area contributed by atoms with Gasteiger partial charge in [-0.2, -0.15) is 0 Å². The molecule has 7 nitrogen and oxygen atoms in total. The molecule has 138 valence electrons. The number of rotatable bonds is 6. The van der Waals surface area contributed by atoms with Gasteiger partial charge in [-0.3, -0.25) is 20.2 Å². The normalized spacial score (nSPS) is 10.6. The number of nitro benzene ring substituents is 1. The first-order valence-corrected chi connectivity index (χ1v) is 10.0. The van der Waals surface area contributed by atoms with Crippen molar-refractivity contribution in [3.63, 3.8) is 0 Å². The predicted molar refractivity (Wildman–Crippen MR) is 107 cm³/mol. The number of carbonyl (C=O) groups is 1. The fourth-order valence-corrected chi connectivity index (χ4v) is 3.61. The monoisotopic (exact) mass is 400 g/mol. The van der Waals surface area contributed by atoms with Crippen LogP contribution in [0.3, 0.4) is 0 Å². The molecule has 3 rings (SSSR count). The summed E-state index contributed by atoms with van der Waals surface area (Å²) in [4.78, 5) is 23.9. The number of nitrogens with one attached hydrogen (secondary N) is 1. The highest BCUT2D eigenvalue weighted by molar-refractivity contribution is 7.98. The molecule has 0 unspecified atom stereocenters. The molecule has 0 aliphatic rings. The third-order valence-corrected chi connectivity index (χ3v) is 5.37. The Labute approximate surface area is 164 Å². The summed E-state index contributed by atoms with van der Waals surface area (Å²) >= 11 is 2.66. The Bertz CT molecular complexity index is 987. The SMILES string of the molecule is CSc1ccc([N+](=O)[O-])c(C(=O)Nc2nnc(Cc3ccc(C)cc3)s2)c1. The van der Waals surface area contributed by atoms with Crippen LogP contribution in [-0.4, -0.2) is 27.3 Å². The number of thioether (sulfide) groups is 1. The third-order valence-electron chi connectivity index (χ3n) is 3.81. The molecule has 0 aliphatic carbocycles. The Morgan fingerprint density at radius 2 is 1.96 bits per heavy atom. The highest BCUT2D eigenvalue weighted by Gasteiger charge is 2.22. The molecule has 2 aromatic carbocycles. The summed E-state index contributed by atoms with van der Waals surface area (Å²) in [5.74, 6) is -0.573. The summed E-state index contributed by atoms with van der Waals surface area (Å²) in [6.07, 6.45) is 2.45. The molecule has 27 heavy (non-hydrogen) atoms. The maximum atomic E-state index is 12.5. The molecular weight excluding hydrogens is 384 g/mol. The molecule has 0 aliphatic heterocycles. The minimum atomic E-state index is -0.573. The van der Waals surface area contributed by atoms with Crippen LogP contribution >= 0.6 is 23.1 Å². The Morgan fingerprint density at radius 3 is 2.63 bits per heavy atom. The second kappa shape index (κ2) is 8.28. The van der Waals surface area contributed by atoms with E-state index in [1.807, 2.05) is 37.4 Å². The maximum absolute atomic E-state index is 12.5. The largest absolute Gasteiger partial charge is 0.296 e. The number of carbonyl (C=O) groups excluding carboxylic acids is 1. The van der Waals surface area contributed by atoms with Crippen molar-refractivity contribution in [2.75, 3.05) is 11.6 Å². The van der Waals surface area contributed by atoms with Gasteiger partial charge in [0, 0.05) is 17.4 Å². The quantitative estimate of drug-likeness (QED) is 0.376. The van der Waals surface area contributed by atoms with Crippen LogP contribution in [0.15, 0.2) is 47.4 Å².